The van der Waals surface area contributed by atoms with Gasteiger partial charge in [-0.3, -0.25) is 4.79 Å². The number of carbonyl (C=O) groups excluding carboxylic acids is 1. The molecule has 0 bridgehead atoms. The first-order valence-electron chi connectivity index (χ1n) is 4.53. The van der Waals surface area contributed by atoms with Crippen LogP contribution in [-0.4, -0.2) is 43.5 Å². The van der Waals surface area contributed by atoms with E-state index >= 15 is 0 Å². The Kier molecular flexibility index (Phi) is 4.04. The van der Waals surface area contributed by atoms with Crippen molar-refractivity contribution in [1.82, 2.24) is 10.2 Å². The zero-order chi connectivity index (χ0) is 8.81. The van der Waals surface area contributed by atoms with E-state index in [2.05, 4.69) is 5.32 Å². The van der Waals surface area contributed by atoms with Crippen LogP contribution in [0.2, 0.25) is 0 Å². The number of nitrogens with zero attached hydrogens (tertiary/aromatic N) is 1. The minimum absolute atomic E-state index is 0.296. The van der Waals surface area contributed by atoms with E-state index in [4.69, 9.17) is 5.73 Å². The van der Waals surface area contributed by atoms with Crippen LogP contribution >= 0.6 is 0 Å². The molecule has 1 saturated heterocycles. The van der Waals surface area contributed by atoms with E-state index < -0.39 is 0 Å². The normalized spacial score (nSPS) is 17.4. The van der Waals surface area contributed by atoms with Crippen LogP contribution in [0.3, 0.4) is 0 Å². The summed E-state index contributed by atoms with van der Waals surface area (Å²) in [7, 11) is 0. The van der Waals surface area contributed by atoms with Crippen molar-refractivity contribution < 1.29 is 4.79 Å². The first kappa shape index (κ1) is 9.48. The molecule has 0 saturated carbocycles. The molecule has 3 N–H and O–H groups in total. The highest BCUT2D eigenvalue weighted by Gasteiger charge is 2.18. The van der Waals surface area contributed by atoms with Crippen molar-refractivity contribution in [3.63, 3.8) is 0 Å². The third kappa shape index (κ3) is 2.79. The second kappa shape index (κ2) is 5.11. The van der Waals surface area contributed by atoms with E-state index in [-0.39, 0.29) is 0 Å². The van der Waals surface area contributed by atoms with Gasteiger partial charge in [-0.05, 0) is 6.42 Å². The maximum atomic E-state index is 11.1. The average molecular weight is 171 g/mol. The Balaban J connectivity index is 2.02. The van der Waals surface area contributed by atoms with Gasteiger partial charge in [-0.2, -0.15) is 0 Å². The van der Waals surface area contributed by atoms with Gasteiger partial charge in [0, 0.05) is 39.1 Å². The van der Waals surface area contributed by atoms with Gasteiger partial charge in [-0.1, -0.05) is 0 Å². The topological polar surface area (TPSA) is 58.4 Å². The van der Waals surface area contributed by atoms with Crippen molar-refractivity contribution in [2.24, 2.45) is 5.73 Å². The minimum Gasteiger partial charge on any atom is -0.341 e. The van der Waals surface area contributed by atoms with Gasteiger partial charge in [0.2, 0.25) is 5.91 Å². The fourth-order valence-corrected chi connectivity index (χ4v) is 1.38. The van der Waals surface area contributed by atoms with Crippen molar-refractivity contribution in [3.05, 3.63) is 0 Å². The van der Waals surface area contributed by atoms with Crippen LogP contribution in [0.4, 0.5) is 0 Å². The molecule has 12 heavy (non-hydrogen) atoms. The van der Waals surface area contributed by atoms with E-state index in [1.54, 1.807) is 0 Å². The number of rotatable bonds is 5. The summed E-state index contributed by atoms with van der Waals surface area (Å²) in [5, 5.41) is 3.16. The summed E-state index contributed by atoms with van der Waals surface area (Å²) >= 11 is 0. The van der Waals surface area contributed by atoms with Crippen LogP contribution < -0.4 is 11.1 Å². The van der Waals surface area contributed by atoms with Crippen LogP contribution in [0.25, 0.3) is 0 Å². The second-order valence-electron chi connectivity index (χ2n) is 3.02. The molecule has 1 aliphatic heterocycles. The highest BCUT2D eigenvalue weighted by Crippen LogP contribution is 2.07. The largest absolute Gasteiger partial charge is 0.341 e. The SMILES string of the molecule is NCCNCCN1CCCC1=O. The molecule has 1 amide bonds. The van der Waals surface area contributed by atoms with Crippen LogP contribution in [0.1, 0.15) is 12.8 Å². The molecule has 0 spiro atoms. The predicted octanol–water partition coefficient (Wildman–Crippen LogP) is -0.843. The first-order chi connectivity index (χ1) is 5.84. The molecular weight excluding hydrogens is 154 g/mol. The van der Waals surface area contributed by atoms with Crippen molar-refractivity contribution in [3.8, 4) is 0 Å². The summed E-state index contributed by atoms with van der Waals surface area (Å²) in [6.07, 6.45) is 1.76. The average Bonchev–Trinajstić information content (AvgIpc) is 2.46. The molecule has 0 aromatic heterocycles. The van der Waals surface area contributed by atoms with E-state index in [1.807, 2.05) is 4.90 Å². The maximum Gasteiger partial charge on any atom is 0.222 e. The van der Waals surface area contributed by atoms with Gasteiger partial charge in [0.05, 0.1) is 0 Å². The lowest BCUT2D eigenvalue weighted by atomic mass is 10.4. The summed E-state index contributed by atoms with van der Waals surface area (Å²) in [6, 6.07) is 0. The lowest BCUT2D eigenvalue weighted by molar-refractivity contribution is -0.127. The smallest absolute Gasteiger partial charge is 0.222 e. The molecule has 4 heteroatoms. The Morgan fingerprint density at radius 3 is 2.92 bits per heavy atom. The fourth-order valence-electron chi connectivity index (χ4n) is 1.38. The number of amides is 1. The Morgan fingerprint density at radius 1 is 1.50 bits per heavy atom. The lowest BCUT2D eigenvalue weighted by Crippen LogP contribution is -2.34. The number of nitrogens with one attached hydrogen (secondary N) is 1. The van der Waals surface area contributed by atoms with Gasteiger partial charge in [0.15, 0.2) is 0 Å². The summed E-state index contributed by atoms with van der Waals surface area (Å²) in [5.74, 6) is 0.296. The summed E-state index contributed by atoms with van der Waals surface area (Å²) in [4.78, 5) is 13.0. The number of hydrogen-bond donors (Lipinski definition) is 2. The highest BCUT2D eigenvalue weighted by atomic mass is 16.2. The molecule has 1 fully saturated rings. The molecule has 1 heterocycles. The van der Waals surface area contributed by atoms with Gasteiger partial charge in [0.25, 0.3) is 0 Å². The van der Waals surface area contributed by atoms with Crippen LogP contribution in [0.5, 0.6) is 0 Å². The lowest BCUT2D eigenvalue weighted by Gasteiger charge is -2.15. The molecule has 1 rings (SSSR count). The van der Waals surface area contributed by atoms with Gasteiger partial charge in [-0.25, -0.2) is 0 Å². The Labute approximate surface area is 73.1 Å². The van der Waals surface area contributed by atoms with E-state index in [9.17, 15) is 4.79 Å². The van der Waals surface area contributed by atoms with E-state index in [0.717, 1.165) is 39.0 Å². The number of nitrogens with two attached hydrogens (primary N) is 1. The second-order valence-corrected chi connectivity index (χ2v) is 3.02. The third-order valence-corrected chi connectivity index (χ3v) is 2.05. The van der Waals surface area contributed by atoms with Crippen molar-refractivity contribution in [2.45, 2.75) is 12.8 Å². The van der Waals surface area contributed by atoms with Crippen LogP contribution in [-0.2, 0) is 4.79 Å². The zero-order valence-electron chi connectivity index (χ0n) is 7.38. The molecule has 0 atom stereocenters. The molecule has 0 aromatic rings. The number of likely N-dealkylation sites (tertiary alicyclic amines) is 1. The molecule has 0 radical (unpaired) electrons. The van der Waals surface area contributed by atoms with Gasteiger partial charge < -0.3 is 16.0 Å². The minimum atomic E-state index is 0.296. The molecule has 70 valence electrons. The molecule has 1 aliphatic rings. The molecule has 0 aliphatic carbocycles. The number of hydrogen-bond acceptors (Lipinski definition) is 3. The van der Waals surface area contributed by atoms with Crippen molar-refractivity contribution in [1.29, 1.82) is 0 Å². The summed E-state index contributed by atoms with van der Waals surface area (Å²) in [6.45, 7) is 4.13. The summed E-state index contributed by atoms with van der Waals surface area (Å²) in [5.41, 5.74) is 5.31. The van der Waals surface area contributed by atoms with Gasteiger partial charge >= 0.3 is 0 Å². The Bertz CT molecular complexity index is 149. The van der Waals surface area contributed by atoms with E-state index in [0.29, 0.717) is 12.5 Å². The monoisotopic (exact) mass is 171 g/mol. The maximum absolute atomic E-state index is 11.1. The molecule has 0 aromatic carbocycles. The Hall–Kier alpha value is -0.610. The van der Waals surface area contributed by atoms with Crippen molar-refractivity contribution >= 4 is 5.91 Å². The van der Waals surface area contributed by atoms with Crippen molar-refractivity contribution in [2.75, 3.05) is 32.7 Å². The highest BCUT2D eigenvalue weighted by molar-refractivity contribution is 5.78. The predicted molar refractivity (Wildman–Crippen MR) is 47.7 cm³/mol. The molecule has 0 unspecified atom stereocenters. The van der Waals surface area contributed by atoms with Gasteiger partial charge in [0.1, 0.15) is 0 Å². The standard InChI is InChI=1S/C8H17N3O/c9-3-4-10-5-7-11-6-1-2-8(11)12/h10H,1-7,9H2. The van der Waals surface area contributed by atoms with Gasteiger partial charge in [-0.15, -0.1) is 0 Å². The summed E-state index contributed by atoms with van der Waals surface area (Å²) < 4.78 is 0. The van der Waals surface area contributed by atoms with Crippen LogP contribution in [0.15, 0.2) is 0 Å². The zero-order valence-corrected chi connectivity index (χ0v) is 7.38. The van der Waals surface area contributed by atoms with E-state index in [1.165, 1.54) is 0 Å². The molecular formula is C8H17N3O. The first-order valence-corrected chi connectivity index (χ1v) is 4.53. The quantitative estimate of drug-likeness (QED) is 0.530. The third-order valence-electron chi connectivity index (χ3n) is 2.05. The molecule has 4 nitrogen and oxygen atoms in total. The number of carbonyl (C=O) groups is 1. The fraction of sp³-hybridized carbons (Fsp3) is 0.875. The van der Waals surface area contributed by atoms with Crippen LogP contribution in [0, 0.1) is 0 Å². The Morgan fingerprint density at radius 2 is 2.33 bits per heavy atom.